The molecule has 0 bridgehead atoms. The monoisotopic (exact) mass is 302 g/mol. The van der Waals surface area contributed by atoms with Crippen LogP contribution in [0.4, 0.5) is 0 Å². The fourth-order valence-electron chi connectivity index (χ4n) is 2.67. The second-order valence-corrected chi connectivity index (χ2v) is 6.63. The molecule has 0 spiro atoms. The first-order valence-corrected chi connectivity index (χ1v) is 8.54. The molecule has 4 heteroatoms. The van der Waals surface area contributed by atoms with Gasteiger partial charge in [0.15, 0.2) is 0 Å². The maximum atomic E-state index is 12.2. The molecule has 0 aromatic heterocycles. The van der Waals surface area contributed by atoms with Gasteiger partial charge in [0.05, 0.1) is 6.54 Å². The first-order valence-electron chi connectivity index (χ1n) is 7.31. The number of hydrogen-bond acceptors (Lipinski definition) is 3. The van der Waals surface area contributed by atoms with Crippen molar-refractivity contribution < 1.29 is 4.79 Å². The molecule has 0 heterocycles. The molecule has 1 aliphatic rings. The standard InChI is InChI=1S/C17H22N2OS/c1-21-17(10-2-3-11-17)13-19-16(20)15-8-6-14(7-9-15)5-4-12-18/h6-9H,2-3,10-13,18H2,1H3,(H,19,20). The third kappa shape index (κ3) is 4.26. The van der Waals surface area contributed by atoms with Gasteiger partial charge in [-0.1, -0.05) is 24.7 Å². The van der Waals surface area contributed by atoms with Crippen LogP contribution in [0.25, 0.3) is 0 Å². The highest BCUT2D eigenvalue weighted by atomic mass is 32.2. The number of carbonyl (C=O) groups excluding carboxylic acids is 1. The third-order valence-electron chi connectivity index (χ3n) is 4.00. The second kappa shape index (κ2) is 7.53. The molecular weight excluding hydrogens is 280 g/mol. The molecule has 0 atom stereocenters. The summed E-state index contributed by atoms with van der Waals surface area (Å²) in [7, 11) is 0. The number of thioether (sulfide) groups is 1. The molecule has 1 aromatic carbocycles. The van der Waals surface area contributed by atoms with E-state index in [1.54, 1.807) is 0 Å². The second-order valence-electron chi connectivity index (χ2n) is 5.36. The van der Waals surface area contributed by atoms with E-state index in [1.807, 2.05) is 36.0 Å². The molecular formula is C17H22N2OS. The Kier molecular flexibility index (Phi) is 5.72. The first kappa shape index (κ1) is 15.9. The Labute approximate surface area is 131 Å². The van der Waals surface area contributed by atoms with Gasteiger partial charge < -0.3 is 11.1 Å². The largest absolute Gasteiger partial charge is 0.351 e. The lowest BCUT2D eigenvalue weighted by atomic mass is 10.1. The normalized spacial score (nSPS) is 16.1. The van der Waals surface area contributed by atoms with E-state index in [1.165, 1.54) is 25.7 Å². The summed E-state index contributed by atoms with van der Waals surface area (Å²) < 4.78 is 0.238. The van der Waals surface area contributed by atoms with E-state index in [2.05, 4.69) is 23.4 Å². The van der Waals surface area contributed by atoms with E-state index in [9.17, 15) is 4.79 Å². The van der Waals surface area contributed by atoms with Crippen molar-refractivity contribution in [1.82, 2.24) is 5.32 Å². The van der Waals surface area contributed by atoms with Crippen LogP contribution >= 0.6 is 11.8 Å². The lowest BCUT2D eigenvalue weighted by molar-refractivity contribution is 0.0949. The van der Waals surface area contributed by atoms with Crippen LogP contribution in [-0.4, -0.2) is 30.0 Å². The van der Waals surface area contributed by atoms with E-state index in [0.717, 1.165) is 12.1 Å². The number of hydrogen-bond donors (Lipinski definition) is 2. The van der Waals surface area contributed by atoms with Crippen molar-refractivity contribution in [3.05, 3.63) is 35.4 Å². The van der Waals surface area contributed by atoms with Gasteiger partial charge >= 0.3 is 0 Å². The minimum Gasteiger partial charge on any atom is -0.351 e. The zero-order valence-corrected chi connectivity index (χ0v) is 13.3. The molecule has 1 fully saturated rings. The van der Waals surface area contributed by atoms with Crippen molar-refractivity contribution in [1.29, 1.82) is 0 Å². The number of amides is 1. The van der Waals surface area contributed by atoms with E-state index in [0.29, 0.717) is 12.1 Å². The first-order chi connectivity index (χ1) is 10.2. The molecule has 2 rings (SSSR count). The van der Waals surface area contributed by atoms with Crippen molar-refractivity contribution in [3.8, 4) is 11.8 Å². The Bertz CT molecular complexity index is 536. The summed E-state index contributed by atoms with van der Waals surface area (Å²) in [5.74, 6) is 5.75. The molecule has 21 heavy (non-hydrogen) atoms. The van der Waals surface area contributed by atoms with Crippen LogP contribution in [0.5, 0.6) is 0 Å². The van der Waals surface area contributed by atoms with E-state index < -0.39 is 0 Å². The summed E-state index contributed by atoms with van der Waals surface area (Å²) in [6.07, 6.45) is 7.07. The number of carbonyl (C=O) groups is 1. The Morgan fingerprint density at radius 1 is 1.33 bits per heavy atom. The molecule has 1 aromatic rings. The highest BCUT2D eigenvalue weighted by Gasteiger charge is 2.33. The molecule has 3 N–H and O–H groups in total. The van der Waals surface area contributed by atoms with Crippen LogP contribution in [-0.2, 0) is 0 Å². The van der Waals surface area contributed by atoms with Crippen molar-refractivity contribution in [2.45, 2.75) is 30.4 Å². The topological polar surface area (TPSA) is 55.1 Å². The van der Waals surface area contributed by atoms with Gasteiger partial charge in [0.2, 0.25) is 0 Å². The van der Waals surface area contributed by atoms with Crippen molar-refractivity contribution in [3.63, 3.8) is 0 Å². The number of benzene rings is 1. The lowest BCUT2D eigenvalue weighted by Crippen LogP contribution is -2.38. The Morgan fingerprint density at radius 3 is 2.57 bits per heavy atom. The minimum absolute atomic E-state index is 0.00587. The molecule has 0 radical (unpaired) electrons. The SMILES string of the molecule is CSC1(CNC(=O)c2ccc(C#CCN)cc2)CCCC1. The summed E-state index contributed by atoms with van der Waals surface area (Å²) in [6.45, 7) is 1.10. The predicted octanol–water partition coefficient (Wildman–Crippen LogP) is 2.40. The molecule has 0 saturated heterocycles. The molecule has 0 unspecified atom stereocenters. The molecule has 0 aliphatic heterocycles. The average molecular weight is 302 g/mol. The van der Waals surface area contributed by atoms with Gasteiger partial charge in [-0.05, 0) is 43.4 Å². The maximum absolute atomic E-state index is 12.2. The minimum atomic E-state index is -0.00587. The molecule has 1 aliphatic carbocycles. The van der Waals surface area contributed by atoms with E-state index >= 15 is 0 Å². The summed E-state index contributed by atoms with van der Waals surface area (Å²) >= 11 is 1.88. The maximum Gasteiger partial charge on any atom is 0.251 e. The van der Waals surface area contributed by atoms with Crippen molar-refractivity contribution in [2.24, 2.45) is 5.73 Å². The van der Waals surface area contributed by atoms with Crippen LogP contribution in [0.3, 0.4) is 0 Å². The fraction of sp³-hybridized carbons (Fsp3) is 0.471. The fourth-order valence-corrected chi connectivity index (χ4v) is 3.59. The summed E-state index contributed by atoms with van der Waals surface area (Å²) in [6, 6.07) is 7.35. The van der Waals surface area contributed by atoms with Crippen LogP contribution in [0.15, 0.2) is 24.3 Å². The van der Waals surface area contributed by atoms with E-state index in [4.69, 9.17) is 5.73 Å². The van der Waals surface area contributed by atoms with Crippen LogP contribution < -0.4 is 11.1 Å². The predicted molar refractivity (Wildman–Crippen MR) is 89.4 cm³/mol. The summed E-state index contributed by atoms with van der Waals surface area (Å²) in [5, 5.41) is 3.08. The van der Waals surface area contributed by atoms with Crippen LogP contribution in [0, 0.1) is 11.8 Å². The molecule has 1 saturated carbocycles. The van der Waals surface area contributed by atoms with Gasteiger partial charge in [-0.3, -0.25) is 4.79 Å². The Morgan fingerprint density at radius 2 is 2.00 bits per heavy atom. The van der Waals surface area contributed by atoms with Gasteiger partial charge in [-0.15, -0.1) is 0 Å². The summed E-state index contributed by atoms with van der Waals surface area (Å²) in [4.78, 5) is 12.2. The summed E-state index contributed by atoms with van der Waals surface area (Å²) in [5.41, 5.74) is 6.91. The number of nitrogens with one attached hydrogen (secondary N) is 1. The zero-order chi connectivity index (χ0) is 15.1. The molecule has 112 valence electrons. The van der Waals surface area contributed by atoms with Crippen molar-refractivity contribution >= 4 is 17.7 Å². The number of nitrogens with two attached hydrogens (primary N) is 1. The zero-order valence-electron chi connectivity index (χ0n) is 12.4. The Balaban J connectivity index is 1.94. The van der Waals surface area contributed by atoms with Gasteiger partial charge in [0.1, 0.15) is 0 Å². The smallest absolute Gasteiger partial charge is 0.251 e. The van der Waals surface area contributed by atoms with Gasteiger partial charge in [-0.2, -0.15) is 11.8 Å². The molecule has 1 amide bonds. The highest BCUT2D eigenvalue weighted by Crippen LogP contribution is 2.39. The van der Waals surface area contributed by atoms with Gasteiger partial charge in [0, 0.05) is 22.4 Å². The van der Waals surface area contributed by atoms with Crippen LogP contribution in [0.1, 0.15) is 41.6 Å². The van der Waals surface area contributed by atoms with Gasteiger partial charge in [-0.25, -0.2) is 0 Å². The van der Waals surface area contributed by atoms with Crippen LogP contribution in [0.2, 0.25) is 0 Å². The van der Waals surface area contributed by atoms with E-state index in [-0.39, 0.29) is 10.7 Å². The van der Waals surface area contributed by atoms with Crippen molar-refractivity contribution in [2.75, 3.05) is 19.3 Å². The highest BCUT2D eigenvalue weighted by molar-refractivity contribution is 8.00. The average Bonchev–Trinajstić information content (AvgIpc) is 3.00. The van der Waals surface area contributed by atoms with Gasteiger partial charge in [0.25, 0.3) is 5.91 Å². The quantitative estimate of drug-likeness (QED) is 0.840. The third-order valence-corrected chi connectivity index (χ3v) is 5.42. The number of rotatable bonds is 4. The molecule has 3 nitrogen and oxygen atoms in total. The lowest BCUT2D eigenvalue weighted by Gasteiger charge is -2.26. The Hall–Kier alpha value is -1.44.